The summed E-state index contributed by atoms with van der Waals surface area (Å²) in [6.07, 6.45) is -0.212. The number of nitrogens with one attached hydrogen (secondary N) is 1. The lowest BCUT2D eigenvalue weighted by Crippen LogP contribution is -2.37. The molecule has 6 nitrogen and oxygen atoms in total. The van der Waals surface area contributed by atoms with Crippen LogP contribution in [0.3, 0.4) is 0 Å². The molecule has 2 aromatic rings. The van der Waals surface area contributed by atoms with Crippen LogP contribution in [0.15, 0.2) is 36.4 Å². The van der Waals surface area contributed by atoms with Crippen LogP contribution in [0.5, 0.6) is 23.0 Å². The van der Waals surface area contributed by atoms with Crippen molar-refractivity contribution < 1.29 is 28.1 Å². The maximum atomic E-state index is 13.0. The Balaban J connectivity index is 2.05. The number of hydrogen-bond donors (Lipinski definition) is 1. The molecule has 7 heteroatoms. The standard InChI is InChI=1S/C20H24FNO5/c1-5-16(27-15-8-6-14(21)7-9-15)20(23)22-12-13-10-17(24-2)19(26-4)18(11-13)25-3/h6-11,16H,5,12H2,1-4H3,(H,22,23). The summed E-state index contributed by atoms with van der Waals surface area (Å²) in [5, 5.41) is 2.83. The third-order valence-corrected chi connectivity index (χ3v) is 3.95. The molecule has 0 aliphatic heterocycles. The summed E-state index contributed by atoms with van der Waals surface area (Å²) < 4.78 is 34.5. The molecule has 0 radical (unpaired) electrons. The quantitative estimate of drug-likeness (QED) is 0.726. The van der Waals surface area contributed by atoms with Gasteiger partial charge in [0, 0.05) is 6.54 Å². The maximum absolute atomic E-state index is 13.0. The summed E-state index contributed by atoms with van der Waals surface area (Å²) in [6, 6.07) is 9.09. The van der Waals surface area contributed by atoms with Crippen molar-refractivity contribution in [1.29, 1.82) is 0 Å². The molecule has 0 bridgehead atoms. The smallest absolute Gasteiger partial charge is 0.261 e. The lowest BCUT2D eigenvalue weighted by Gasteiger charge is -2.18. The number of carbonyl (C=O) groups excluding carboxylic acids is 1. The molecular formula is C20H24FNO5. The van der Waals surface area contributed by atoms with Gasteiger partial charge in [0.25, 0.3) is 5.91 Å². The van der Waals surface area contributed by atoms with E-state index in [1.165, 1.54) is 45.6 Å². The van der Waals surface area contributed by atoms with Crippen LogP contribution in [0.2, 0.25) is 0 Å². The number of benzene rings is 2. The van der Waals surface area contributed by atoms with Gasteiger partial charge in [-0.05, 0) is 48.4 Å². The molecule has 1 atom stereocenters. The van der Waals surface area contributed by atoms with Crippen LogP contribution < -0.4 is 24.3 Å². The third kappa shape index (κ3) is 5.26. The van der Waals surface area contributed by atoms with Crippen molar-refractivity contribution in [2.45, 2.75) is 26.0 Å². The zero-order valence-corrected chi connectivity index (χ0v) is 15.9. The molecule has 0 aliphatic carbocycles. The summed E-state index contributed by atoms with van der Waals surface area (Å²) in [4.78, 5) is 12.5. The van der Waals surface area contributed by atoms with Crippen LogP contribution in [0.25, 0.3) is 0 Å². The monoisotopic (exact) mass is 377 g/mol. The van der Waals surface area contributed by atoms with Gasteiger partial charge in [0.2, 0.25) is 5.75 Å². The van der Waals surface area contributed by atoms with E-state index in [1.54, 1.807) is 12.1 Å². The molecule has 0 spiro atoms. The van der Waals surface area contributed by atoms with E-state index in [2.05, 4.69) is 5.32 Å². The van der Waals surface area contributed by atoms with Gasteiger partial charge in [0.05, 0.1) is 21.3 Å². The minimum absolute atomic E-state index is 0.263. The Bertz CT molecular complexity index is 738. The second kappa shape index (κ2) is 9.66. The van der Waals surface area contributed by atoms with E-state index in [4.69, 9.17) is 18.9 Å². The Hall–Kier alpha value is -2.96. The number of methoxy groups -OCH3 is 3. The molecule has 1 amide bonds. The molecule has 1 N–H and O–H groups in total. The summed E-state index contributed by atoms with van der Waals surface area (Å²) in [5.41, 5.74) is 0.787. The van der Waals surface area contributed by atoms with E-state index in [0.29, 0.717) is 29.4 Å². The summed E-state index contributed by atoms with van der Waals surface area (Å²) in [5.74, 6) is 1.32. The van der Waals surface area contributed by atoms with E-state index >= 15 is 0 Å². The highest BCUT2D eigenvalue weighted by molar-refractivity contribution is 5.81. The predicted octanol–water partition coefficient (Wildman–Crippen LogP) is 3.33. The first-order valence-corrected chi connectivity index (χ1v) is 8.51. The van der Waals surface area contributed by atoms with Crippen molar-refractivity contribution in [3.8, 4) is 23.0 Å². The molecular weight excluding hydrogens is 353 g/mol. The average Bonchev–Trinajstić information content (AvgIpc) is 2.70. The first-order chi connectivity index (χ1) is 13.0. The van der Waals surface area contributed by atoms with E-state index in [9.17, 15) is 9.18 Å². The number of rotatable bonds is 9. The zero-order chi connectivity index (χ0) is 19.8. The number of amides is 1. The van der Waals surface area contributed by atoms with Crippen molar-refractivity contribution in [3.63, 3.8) is 0 Å². The predicted molar refractivity (Wildman–Crippen MR) is 99.1 cm³/mol. The molecule has 0 saturated carbocycles. The van der Waals surface area contributed by atoms with Gasteiger partial charge in [-0.25, -0.2) is 4.39 Å². The van der Waals surface area contributed by atoms with Crippen LogP contribution in [0.4, 0.5) is 4.39 Å². The minimum Gasteiger partial charge on any atom is -0.493 e. The van der Waals surface area contributed by atoms with Crippen molar-refractivity contribution in [3.05, 3.63) is 47.8 Å². The molecule has 0 aliphatic rings. The Morgan fingerprint density at radius 2 is 1.63 bits per heavy atom. The highest BCUT2D eigenvalue weighted by Crippen LogP contribution is 2.38. The molecule has 0 heterocycles. The van der Waals surface area contributed by atoms with Gasteiger partial charge in [-0.3, -0.25) is 4.79 Å². The summed E-state index contributed by atoms with van der Waals surface area (Å²) in [7, 11) is 4.59. The molecule has 146 valence electrons. The van der Waals surface area contributed by atoms with E-state index in [0.717, 1.165) is 5.56 Å². The third-order valence-electron chi connectivity index (χ3n) is 3.95. The van der Waals surface area contributed by atoms with Gasteiger partial charge in [-0.1, -0.05) is 6.92 Å². The Morgan fingerprint density at radius 3 is 2.11 bits per heavy atom. The summed E-state index contributed by atoms with van der Waals surface area (Å²) in [6.45, 7) is 2.10. The van der Waals surface area contributed by atoms with E-state index in [1.807, 2.05) is 6.92 Å². The topological polar surface area (TPSA) is 66.0 Å². The van der Waals surface area contributed by atoms with Gasteiger partial charge < -0.3 is 24.3 Å². The zero-order valence-electron chi connectivity index (χ0n) is 15.9. The van der Waals surface area contributed by atoms with Crippen molar-refractivity contribution in [2.24, 2.45) is 0 Å². The average molecular weight is 377 g/mol. The Labute approximate surface area is 158 Å². The number of hydrogen-bond acceptors (Lipinski definition) is 5. The molecule has 0 aromatic heterocycles. The van der Waals surface area contributed by atoms with E-state index in [-0.39, 0.29) is 18.3 Å². The van der Waals surface area contributed by atoms with Crippen molar-refractivity contribution in [2.75, 3.05) is 21.3 Å². The first kappa shape index (κ1) is 20.4. The minimum atomic E-state index is -0.683. The lowest BCUT2D eigenvalue weighted by molar-refractivity contribution is -0.128. The molecule has 2 rings (SSSR count). The fraction of sp³-hybridized carbons (Fsp3) is 0.350. The highest BCUT2D eigenvalue weighted by atomic mass is 19.1. The van der Waals surface area contributed by atoms with Crippen molar-refractivity contribution >= 4 is 5.91 Å². The van der Waals surface area contributed by atoms with E-state index < -0.39 is 6.10 Å². The van der Waals surface area contributed by atoms with Gasteiger partial charge in [0.15, 0.2) is 17.6 Å². The molecule has 0 fully saturated rings. The largest absolute Gasteiger partial charge is 0.493 e. The van der Waals surface area contributed by atoms with Crippen LogP contribution >= 0.6 is 0 Å². The number of ether oxygens (including phenoxy) is 4. The van der Waals surface area contributed by atoms with Crippen LogP contribution in [0, 0.1) is 5.82 Å². The van der Waals surface area contributed by atoms with Gasteiger partial charge in [-0.2, -0.15) is 0 Å². The van der Waals surface area contributed by atoms with Gasteiger partial charge in [0.1, 0.15) is 11.6 Å². The fourth-order valence-electron chi connectivity index (χ4n) is 2.54. The summed E-state index contributed by atoms with van der Waals surface area (Å²) >= 11 is 0. The van der Waals surface area contributed by atoms with Crippen LogP contribution in [0.1, 0.15) is 18.9 Å². The lowest BCUT2D eigenvalue weighted by atomic mass is 10.1. The van der Waals surface area contributed by atoms with Crippen molar-refractivity contribution in [1.82, 2.24) is 5.32 Å². The number of halogens is 1. The highest BCUT2D eigenvalue weighted by Gasteiger charge is 2.19. The normalized spacial score (nSPS) is 11.4. The van der Waals surface area contributed by atoms with Gasteiger partial charge >= 0.3 is 0 Å². The second-order valence-corrected chi connectivity index (χ2v) is 5.72. The van der Waals surface area contributed by atoms with Gasteiger partial charge in [-0.15, -0.1) is 0 Å². The number of carbonyl (C=O) groups is 1. The Morgan fingerprint density at radius 1 is 1.04 bits per heavy atom. The molecule has 27 heavy (non-hydrogen) atoms. The van der Waals surface area contributed by atoms with Crippen LogP contribution in [-0.4, -0.2) is 33.3 Å². The maximum Gasteiger partial charge on any atom is 0.261 e. The Kier molecular flexibility index (Phi) is 7.28. The SMILES string of the molecule is CCC(Oc1ccc(F)cc1)C(=O)NCc1cc(OC)c(OC)c(OC)c1. The van der Waals surface area contributed by atoms with Crippen LogP contribution in [-0.2, 0) is 11.3 Å². The molecule has 2 aromatic carbocycles. The fourth-order valence-corrected chi connectivity index (χ4v) is 2.54. The molecule has 1 unspecified atom stereocenters. The molecule has 0 saturated heterocycles. The second-order valence-electron chi connectivity index (χ2n) is 5.72. The first-order valence-electron chi connectivity index (χ1n) is 8.51.